The van der Waals surface area contributed by atoms with Gasteiger partial charge in [-0.05, 0) is 24.1 Å². The van der Waals surface area contributed by atoms with E-state index >= 15 is 0 Å². The third-order valence-corrected chi connectivity index (χ3v) is 5.80. The van der Waals surface area contributed by atoms with Crippen LogP contribution in [0.3, 0.4) is 0 Å². The Morgan fingerprint density at radius 3 is 2.45 bits per heavy atom. The number of nitrogens with one attached hydrogen (secondary N) is 1. The van der Waals surface area contributed by atoms with Crippen molar-refractivity contribution < 1.29 is 18.8 Å². The number of hydrogen-bond acceptors (Lipinski definition) is 6. The van der Waals surface area contributed by atoms with E-state index in [0.717, 1.165) is 37.4 Å². The summed E-state index contributed by atoms with van der Waals surface area (Å²) in [5.74, 6) is 0.855. The van der Waals surface area contributed by atoms with Gasteiger partial charge in [-0.2, -0.15) is 0 Å². The molecule has 0 aliphatic carbocycles. The van der Waals surface area contributed by atoms with Crippen LogP contribution in [0.5, 0.6) is 5.75 Å². The van der Waals surface area contributed by atoms with E-state index in [4.69, 9.17) is 9.26 Å². The first-order valence-electron chi connectivity index (χ1n) is 11.1. The fourth-order valence-corrected chi connectivity index (χ4v) is 3.78. The quantitative estimate of drug-likeness (QED) is 0.570. The van der Waals surface area contributed by atoms with Crippen LogP contribution in [0.4, 0.5) is 0 Å². The second kappa shape index (κ2) is 10.8. The predicted molar refractivity (Wildman–Crippen MR) is 124 cm³/mol. The molecule has 1 aromatic heterocycles. The van der Waals surface area contributed by atoms with Crippen LogP contribution >= 0.6 is 0 Å². The van der Waals surface area contributed by atoms with Crippen molar-refractivity contribution in [2.75, 3.05) is 46.4 Å². The molecule has 0 unspecified atom stereocenters. The van der Waals surface area contributed by atoms with Crippen LogP contribution in [0.1, 0.15) is 16.1 Å². The minimum Gasteiger partial charge on any atom is -0.497 e. The van der Waals surface area contributed by atoms with Gasteiger partial charge in [0.05, 0.1) is 13.7 Å². The Hall–Kier alpha value is -3.65. The highest BCUT2D eigenvalue weighted by Crippen LogP contribution is 2.19. The zero-order valence-corrected chi connectivity index (χ0v) is 18.7. The fraction of sp³-hybridized carbons (Fsp3) is 0.320. The average molecular weight is 449 g/mol. The molecule has 1 aliphatic heterocycles. The summed E-state index contributed by atoms with van der Waals surface area (Å²) in [5, 5.41) is 6.47. The maximum atomic E-state index is 12.5. The van der Waals surface area contributed by atoms with E-state index in [1.54, 1.807) is 18.1 Å². The molecule has 0 atom stereocenters. The van der Waals surface area contributed by atoms with Gasteiger partial charge in [0.15, 0.2) is 11.5 Å². The number of rotatable bonds is 8. The molecule has 8 nitrogen and oxygen atoms in total. The molecule has 1 aliphatic rings. The molecule has 33 heavy (non-hydrogen) atoms. The number of hydrogen-bond donors (Lipinski definition) is 1. The molecule has 2 aromatic carbocycles. The molecule has 3 aromatic rings. The van der Waals surface area contributed by atoms with E-state index < -0.39 is 5.91 Å². The number of amides is 2. The maximum Gasteiger partial charge on any atom is 0.273 e. The van der Waals surface area contributed by atoms with Gasteiger partial charge in [0, 0.05) is 44.4 Å². The SMILES string of the molecule is COc1ccc(CCN2CCN(C(=O)CNC(=O)c3cc(-c4ccccc4)on3)CC2)cc1. The second-order valence-corrected chi connectivity index (χ2v) is 7.95. The molecular formula is C25H28N4O4. The van der Waals surface area contributed by atoms with Crippen molar-refractivity contribution in [1.29, 1.82) is 0 Å². The van der Waals surface area contributed by atoms with E-state index in [2.05, 4.69) is 27.5 Å². The van der Waals surface area contributed by atoms with Crippen LogP contribution in [0.25, 0.3) is 11.3 Å². The summed E-state index contributed by atoms with van der Waals surface area (Å²) in [6.45, 7) is 3.83. The summed E-state index contributed by atoms with van der Waals surface area (Å²) in [6.07, 6.45) is 0.955. The monoisotopic (exact) mass is 448 g/mol. The predicted octanol–water partition coefficient (Wildman–Crippen LogP) is 2.47. The number of ether oxygens (including phenoxy) is 1. The minimum absolute atomic E-state index is 0.0573. The van der Waals surface area contributed by atoms with Crippen molar-refractivity contribution in [2.45, 2.75) is 6.42 Å². The first-order chi connectivity index (χ1) is 16.1. The third kappa shape index (κ3) is 5.98. The molecule has 8 heteroatoms. The largest absolute Gasteiger partial charge is 0.497 e. The first-order valence-corrected chi connectivity index (χ1v) is 11.1. The van der Waals surface area contributed by atoms with E-state index in [0.29, 0.717) is 18.8 Å². The van der Waals surface area contributed by atoms with E-state index in [1.807, 2.05) is 42.5 Å². The number of carbonyl (C=O) groups is 2. The van der Waals surface area contributed by atoms with Crippen LogP contribution in [-0.2, 0) is 11.2 Å². The Balaban J connectivity index is 1.18. The molecule has 2 heterocycles. The molecule has 1 saturated heterocycles. The summed E-state index contributed by atoms with van der Waals surface area (Å²) in [4.78, 5) is 29.1. The van der Waals surface area contributed by atoms with Gasteiger partial charge >= 0.3 is 0 Å². The number of aromatic nitrogens is 1. The Morgan fingerprint density at radius 2 is 1.76 bits per heavy atom. The molecule has 172 valence electrons. The van der Waals surface area contributed by atoms with Gasteiger partial charge in [-0.3, -0.25) is 14.5 Å². The summed E-state index contributed by atoms with van der Waals surface area (Å²) in [6, 6.07) is 19.1. The average Bonchev–Trinajstić information content (AvgIpc) is 3.37. The number of carbonyl (C=O) groups excluding carboxylic acids is 2. The Kier molecular flexibility index (Phi) is 7.36. The lowest BCUT2D eigenvalue weighted by atomic mass is 10.1. The molecule has 0 radical (unpaired) electrons. The van der Waals surface area contributed by atoms with Crippen molar-refractivity contribution in [3.05, 3.63) is 71.9 Å². The van der Waals surface area contributed by atoms with Crippen molar-refractivity contribution in [2.24, 2.45) is 0 Å². The van der Waals surface area contributed by atoms with E-state index in [9.17, 15) is 9.59 Å². The molecule has 0 bridgehead atoms. The minimum atomic E-state index is -0.424. The lowest BCUT2D eigenvalue weighted by Crippen LogP contribution is -2.51. The van der Waals surface area contributed by atoms with Crippen LogP contribution in [0.15, 0.2) is 65.2 Å². The van der Waals surface area contributed by atoms with Crippen LogP contribution < -0.4 is 10.1 Å². The van der Waals surface area contributed by atoms with E-state index in [-0.39, 0.29) is 18.1 Å². The molecule has 0 saturated carbocycles. The van der Waals surface area contributed by atoms with E-state index in [1.165, 1.54) is 5.56 Å². The molecule has 2 amide bonds. The lowest BCUT2D eigenvalue weighted by molar-refractivity contribution is -0.131. The van der Waals surface area contributed by atoms with Crippen molar-refractivity contribution in [3.8, 4) is 17.1 Å². The van der Waals surface area contributed by atoms with Gasteiger partial charge < -0.3 is 19.5 Å². The molecular weight excluding hydrogens is 420 g/mol. The molecule has 1 fully saturated rings. The van der Waals surface area contributed by atoms with Gasteiger partial charge in [-0.15, -0.1) is 0 Å². The fourth-order valence-electron chi connectivity index (χ4n) is 3.78. The normalized spacial score (nSPS) is 14.2. The summed E-state index contributed by atoms with van der Waals surface area (Å²) in [7, 11) is 1.66. The summed E-state index contributed by atoms with van der Waals surface area (Å²) in [5.41, 5.74) is 2.26. The van der Waals surface area contributed by atoms with Gasteiger partial charge in [0.1, 0.15) is 5.75 Å². The first kappa shape index (κ1) is 22.5. The number of nitrogens with zero attached hydrogens (tertiary/aromatic N) is 3. The van der Waals surface area contributed by atoms with Gasteiger partial charge in [-0.25, -0.2) is 0 Å². The molecule has 0 spiro atoms. The van der Waals surface area contributed by atoms with Gasteiger partial charge in [0.2, 0.25) is 5.91 Å². The Bertz CT molecular complexity index is 1060. The van der Waals surface area contributed by atoms with Crippen LogP contribution in [0, 0.1) is 0 Å². The lowest BCUT2D eigenvalue weighted by Gasteiger charge is -2.34. The Labute approximate surface area is 193 Å². The highest BCUT2D eigenvalue weighted by Gasteiger charge is 2.22. The van der Waals surface area contributed by atoms with Crippen molar-refractivity contribution >= 4 is 11.8 Å². The van der Waals surface area contributed by atoms with Crippen molar-refractivity contribution in [3.63, 3.8) is 0 Å². The summed E-state index contributed by atoms with van der Waals surface area (Å²) >= 11 is 0. The highest BCUT2D eigenvalue weighted by atomic mass is 16.5. The summed E-state index contributed by atoms with van der Waals surface area (Å²) < 4.78 is 10.5. The van der Waals surface area contributed by atoms with Crippen LogP contribution in [-0.4, -0.2) is 73.1 Å². The second-order valence-electron chi connectivity index (χ2n) is 7.95. The molecule has 1 N–H and O–H groups in total. The number of benzene rings is 2. The van der Waals surface area contributed by atoms with Crippen molar-refractivity contribution in [1.82, 2.24) is 20.3 Å². The zero-order valence-electron chi connectivity index (χ0n) is 18.7. The van der Waals surface area contributed by atoms with Gasteiger partial charge in [0.25, 0.3) is 5.91 Å². The van der Waals surface area contributed by atoms with Gasteiger partial charge in [-0.1, -0.05) is 47.6 Å². The third-order valence-electron chi connectivity index (χ3n) is 5.80. The zero-order chi connectivity index (χ0) is 23.0. The number of methoxy groups -OCH3 is 1. The van der Waals surface area contributed by atoms with Crippen LogP contribution in [0.2, 0.25) is 0 Å². The highest BCUT2D eigenvalue weighted by molar-refractivity contribution is 5.95. The number of piperazine rings is 1. The standard InChI is InChI=1S/C25H28N4O4/c1-32-21-9-7-19(8-10-21)11-12-28-13-15-29(16-14-28)24(30)18-26-25(31)22-17-23(33-27-22)20-5-3-2-4-6-20/h2-10,17H,11-16,18H2,1H3,(H,26,31). The maximum absolute atomic E-state index is 12.5. The Morgan fingerprint density at radius 1 is 1.03 bits per heavy atom. The molecule has 4 rings (SSSR count). The topological polar surface area (TPSA) is 87.9 Å². The smallest absolute Gasteiger partial charge is 0.273 e.